The number of nitrogens with one attached hydrogen (secondary N) is 1. The van der Waals surface area contributed by atoms with E-state index in [1.165, 1.54) is 23.5 Å². The van der Waals surface area contributed by atoms with Crippen LogP contribution in [-0.2, 0) is 4.79 Å². The number of thiophene rings is 1. The molecule has 1 heterocycles. The Balaban J connectivity index is 2.03. The van der Waals surface area contributed by atoms with E-state index in [9.17, 15) is 9.18 Å². The van der Waals surface area contributed by atoms with Crippen LogP contribution in [0.2, 0.25) is 0 Å². The van der Waals surface area contributed by atoms with Crippen LogP contribution in [0.5, 0.6) is 0 Å². The van der Waals surface area contributed by atoms with Crippen molar-refractivity contribution in [1.82, 2.24) is 0 Å². The topological polar surface area (TPSA) is 56.1 Å². The Morgan fingerprint density at radius 1 is 1.38 bits per heavy atom. The summed E-state index contributed by atoms with van der Waals surface area (Å²) in [5, 5.41) is 13.9. The molecule has 2 aromatic rings. The van der Waals surface area contributed by atoms with E-state index in [0.29, 0.717) is 17.1 Å². The van der Waals surface area contributed by atoms with Crippen LogP contribution in [0.1, 0.15) is 12.5 Å². The fraction of sp³-hybridized carbons (Fsp3) is 0.200. The van der Waals surface area contributed by atoms with Crippen molar-refractivity contribution in [2.45, 2.75) is 6.92 Å². The van der Waals surface area contributed by atoms with E-state index in [4.69, 9.17) is 5.26 Å². The lowest BCUT2D eigenvalue weighted by Gasteiger charge is -2.22. The molecule has 0 spiro atoms. The zero-order valence-corrected chi connectivity index (χ0v) is 12.3. The van der Waals surface area contributed by atoms with Crippen molar-refractivity contribution in [1.29, 1.82) is 5.26 Å². The van der Waals surface area contributed by atoms with Gasteiger partial charge in [0.05, 0.1) is 12.1 Å². The standard InChI is InChI=1S/C15H14FN3OS/c1-2-19(13-5-3-12(16)4-6-13)10-14(20)18-15-11(9-17)7-8-21-15/h3-8H,2,10H2,1H3,(H,18,20). The van der Waals surface area contributed by atoms with E-state index in [0.717, 1.165) is 5.69 Å². The van der Waals surface area contributed by atoms with E-state index in [1.54, 1.807) is 23.6 Å². The van der Waals surface area contributed by atoms with Crippen molar-refractivity contribution in [3.63, 3.8) is 0 Å². The molecule has 1 aromatic carbocycles. The molecule has 1 aromatic heterocycles. The molecule has 0 unspecified atom stereocenters. The van der Waals surface area contributed by atoms with Crippen molar-refractivity contribution in [3.8, 4) is 6.07 Å². The molecule has 21 heavy (non-hydrogen) atoms. The number of benzene rings is 1. The van der Waals surface area contributed by atoms with Crippen molar-refractivity contribution in [2.75, 3.05) is 23.3 Å². The summed E-state index contributed by atoms with van der Waals surface area (Å²) in [5.41, 5.74) is 1.24. The number of nitrogens with zero attached hydrogens (tertiary/aromatic N) is 2. The quantitative estimate of drug-likeness (QED) is 0.922. The number of rotatable bonds is 5. The number of carbonyl (C=O) groups is 1. The predicted octanol–water partition coefficient (Wildman–Crippen LogP) is 3.22. The number of nitriles is 1. The first-order chi connectivity index (χ1) is 10.1. The van der Waals surface area contributed by atoms with Gasteiger partial charge in [-0.3, -0.25) is 4.79 Å². The molecule has 0 fully saturated rings. The van der Waals surface area contributed by atoms with Crippen LogP contribution < -0.4 is 10.2 Å². The average molecular weight is 303 g/mol. The minimum atomic E-state index is -0.309. The summed E-state index contributed by atoms with van der Waals surface area (Å²) in [7, 11) is 0. The zero-order valence-electron chi connectivity index (χ0n) is 11.5. The monoisotopic (exact) mass is 303 g/mol. The minimum Gasteiger partial charge on any atom is -0.362 e. The molecule has 0 atom stereocenters. The maximum absolute atomic E-state index is 12.9. The highest BCUT2D eigenvalue weighted by Gasteiger charge is 2.12. The van der Waals surface area contributed by atoms with Gasteiger partial charge in [-0.25, -0.2) is 4.39 Å². The summed E-state index contributed by atoms with van der Waals surface area (Å²) >= 11 is 1.31. The molecule has 1 amide bonds. The predicted molar refractivity (Wildman–Crippen MR) is 82.0 cm³/mol. The Bertz CT molecular complexity index is 660. The molecule has 4 nitrogen and oxygen atoms in total. The van der Waals surface area contributed by atoms with Gasteiger partial charge in [-0.05, 0) is 42.6 Å². The Kier molecular flexibility index (Phi) is 4.90. The second-order valence-electron chi connectivity index (χ2n) is 4.31. The van der Waals surface area contributed by atoms with Crippen molar-refractivity contribution in [2.24, 2.45) is 0 Å². The van der Waals surface area contributed by atoms with Gasteiger partial charge in [-0.2, -0.15) is 5.26 Å². The van der Waals surface area contributed by atoms with Gasteiger partial charge in [-0.15, -0.1) is 11.3 Å². The normalized spacial score (nSPS) is 9.95. The molecular weight excluding hydrogens is 289 g/mol. The molecule has 108 valence electrons. The van der Waals surface area contributed by atoms with E-state index in [-0.39, 0.29) is 18.3 Å². The smallest absolute Gasteiger partial charge is 0.244 e. The maximum atomic E-state index is 12.9. The number of likely N-dealkylation sites (N-methyl/N-ethyl adjacent to an activating group) is 1. The summed E-state index contributed by atoms with van der Waals surface area (Å²) in [6.07, 6.45) is 0. The van der Waals surface area contributed by atoms with Crippen LogP contribution in [0.3, 0.4) is 0 Å². The summed E-state index contributed by atoms with van der Waals surface area (Å²) in [6, 6.07) is 9.69. The minimum absolute atomic E-state index is 0.144. The highest BCUT2D eigenvalue weighted by molar-refractivity contribution is 7.14. The SMILES string of the molecule is CCN(CC(=O)Nc1sccc1C#N)c1ccc(F)cc1. The van der Waals surface area contributed by atoms with E-state index < -0.39 is 0 Å². The molecular formula is C15H14FN3OS. The molecule has 0 radical (unpaired) electrons. The first kappa shape index (κ1) is 15.0. The van der Waals surface area contributed by atoms with Gasteiger partial charge in [0, 0.05) is 12.2 Å². The Morgan fingerprint density at radius 2 is 2.10 bits per heavy atom. The van der Waals surface area contributed by atoms with Gasteiger partial charge in [-0.1, -0.05) is 0 Å². The fourth-order valence-electron chi connectivity index (χ4n) is 1.87. The van der Waals surface area contributed by atoms with Crippen LogP contribution in [-0.4, -0.2) is 19.0 Å². The number of hydrogen-bond acceptors (Lipinski definition) is 4. The van der Waals surface area contributed by atoms with Crippen molar-refractivity contribution < 1.29 is 9.18 Å². The van der Waals surface area contributed by atoms with Crippen LogP contribution in [0.25, 0.3) is 0 Å². The Hall–Kier alpha value is -2.39. The lowest BCUT2D eigenvalue weighted by molar-refractivity contribution is -0.114. The molecule has 0 aliphatic rings. The highest BCUT2D eigenvalue weighted by Crippen LogP contribution is 2.22. The summed E-state index contributed by atoms with van der Waals surface area (Å²) in [5.74, 6) is -0.517. The van der Waals surface area contributed by atoms with E-state index in [2.05, 4.69) is 5.32 Å². The summed E-state index contributed by atoms with van der Waals surface area (Å²) in [4.78, 5) is 13.9. The van der Waals surface area contributed by atoms with Gasteiger partial charge in [0.15, 0.2) is 0 Å². The number of amides is 1. The molecule has 0 bridgehead atoms. The van der Waals surface area contributed by atoms with Gasteiger partial charge >= 0.3 is 0 Å². The van der Waals surface area contributed by atoms with E-state index in [1.807, 2.05) is 17.9 Å². The molecule has 6 heteroatoms. The van der Waals surface area contributed by atoms with Gasteiger partial charge in [0.1, 0.15) is 16.9 Å². The largest absolute Gasteiger partial charge is 0.362 e. The second kappa shape index (κ2) is 6.86. The lowest BCUT2D eigenvalue weighted by Crippen LogP contribution is -2.33. The maximum Gasteiger partial charge on any atom is 0.244 e. The van der Waals surface area contributed by atoms with Gasteiger partial charge < -0.3 is 10.2 Å². The lowest BCUT2D eigenvalue weighted by atomic mass is 10.2. The first-order valence-corrected chi connectivity index (χ1v) is 7.30. The average Bonchev–Trinajstić information content (AvgIpc) is 2.93. The molecule has 0 aliphatic carbocycles. The summed E-state index contributed by atoms with van der Waals surface area (Å²) in [6.45, 7) is 2.68. The van der Waals surface area contributed by atoms with Crippen molar-refractivity contribution >= 4 is 27.9 Å². The number of carbonyl (C=O) groups excluding carboxylic acids is 1. The molecule has 2 rings (SSSR count). The highest BCUT2D eigenvalue weighted by atomic mass is 32.1. The van der Waals surface area contributed by atoms with Crippen LogP contribution in [0, 0.1) is 17.1 Å². The molecule has 0 saturated carbocycles. The number of hydrogen-bond donors (Lipinski definition) is 1. The van der Waals surface area contributed by atoms with Gasteiger partial charge in [0.25, 0.3) is 0 Å². The van der Waals surface area contributed by atoms with Crippen LogP contribution in [0.4, 0.5) is 15.1 Å². The fourth-order valence-corrected chi connectivity index (χ4v) is 2.62. The summed E-state index contributed by atoms with van der Waals surface area (Å²) < 4.78 is 12.9. The van der Waals surface area contributed by atoms with Crippen LogP contribution in [0.15, 0.2) is 35.7 Å². The third-order valence-electron chi connectivity index (χ3n) is 2.95. The first-order valence-electron chi connectivity index (χ1n) is 6.42. The van der Waals surface area contributed by atoms with Crippen LogP contribution >= 0.6 is 11.3 Å². The molecule has 0 saturated heterocycles. The Morgan fingerprint density at radius 3 is 2.71 bits per heavy atom. The zero-order chi connectivity index (χ0) is 15.2. The molecule has 0 aliphatic heterocycles. The third kappa shape index (κ3) is 3.80. The molecule has 1 N–H and O–H groups in total. The van der Waals surface area contributed by atoms with E-state index >= 15 is 0 Å². The van der Waals surface area contributed by atoms with Gasteiger partial charge in [0.2, 0.25) is 5.91 Å². The number of halogens is 1. The third-order valence-corrected chi connectivity index (χ3v) is 3.78. The second-order valence-corrected chi connectivity index (χ2v) is 5.23. The number of anilines is 2. The Labute approximate surface area is 126 Å². The van der Waals surface area contributed by atoms with Crippen molar-refractivity contribution in [3.05, 3.63) is 47.1 Å².